The number of methoxy groups -OCH3 is 1. The predicted octanol–water partition coefficient (Wildman–Crippen LogP) is 3.33. The summed E-state index contributed by atoms with van der Waals surface area (Å²) in [4.78, 5) is 23.7. The van der Waals surface area contributed by atoms with Crippen molar-refractivity contribution in [3.05, 3.63) is 45.3 Å². The second-order valence-electron chi connectivity index (χ2n) is 4.61. The first-order chi connectivity index (χ1) is 9.92. The van der Waals surface area contributed by atoms with E-state index in [1.54, 1.807) is 6.08 Å². The van der Waals surface area contributed by atoms with Gasteiger partial charge in [0.1, 0.15) is 11.5 Å². The second-order valence-corrected chi connectivity index (χ2v) is 5.42. The van der Waals surface area contributed by atoms with Crippen LogP contribution in [0.4, 0.5) is 4.39 Å². The topological polar surface area (TPSA) is 55.4 Å². The van der Waals surface area contributed by atoms with Crippen molar-refractivity contribution in [2.24, 2.45) is 5.92 Å². The lowest BCUT2D eigenvalue weighted by Gasteiger charge is -2.10. The first-order valence-electron chi connectivity index (χ1n) is 6.18. The monoisotopic (exact) mass is 331 g/mol. The number of carbonyl (C=O) groups excluding carboxylic acids is 2. The average molecular weight is 332 g/mol. The minimum atomic E-state index is -0.767. The number of hydrogen-bond donors (Lipinski definition) is 1. The predicted molar refractivity (Wildman–Crippen MR) is 76.7 cm³/mol. The first-order valence-corrected chi connectivity index (χ1v) is 6.94. The fourth-order valence-electron chi connectivity index (χ4n) is 1.66. The number of hydrogen-bond acceptors (Lipinski definition) is 3. The van der Waals surface area contributed by atoms with Crippen LogP contribution in [-0.4, -0.2) is 19.0 Å². The number of allylic oxidation sites excluding steroid dienone is 1. The summed E-state index contributed by atoms with van der Waals surface area (Å²) in [5.74, 6) is -1.89. The molecule has 1 fully saturated rings. The molecule has 0 bridgehead atoms. The van der Waals surface area contributed by atoms with Gasteiger partial charge in [0.15, 0.2) is 0 Å². The Morgan fingerprint density at radius 1 is 1.33 bits per heavy atom. The molecule has 0 aromatic heterocycles. The van der Waals surface area contributed by atoms with Gasteiger partial charge < -0.3 is 10.1 Å². The highest BCUT2D eigenvalue weighted by molar-refractivity contribution is 6.36. The van der Waals surface area contributed by atoms with E-state index in [1.807, 2.05) is 0 Å². The molecule has 4 nitrogen and oxygen atoms in total. The molecule has 1 aromatic carbocycles. The van der Waals surface area contributed by atoms with Crippen LogP contribution < -0.4 is 5.32 Å². The van der Waals surface area contributed by atoms with E-state index < -0.39 is 17.7 Å². The molecule has 0 heterocycles. The van der Waals surface area contributed by atoms with E-state index in [0.29, 0.717) is 0 Å². The van der Waals surface area contributed by atoms with Gasteiger partial charge in [0.05, 0.1) is 22.7 Å². The Morgan fingerprint density at radius 2 is 2.00 bits per heavy atom. The zero-order chi connectivity index (χ0) is 15.6. The van der Waals surface area contributed by atoms with Crippen LogP contribution in [0.3, 0.4) is 0 Å². The molecule has 7 heteroatoms. The summed E-state index contributed by atoms with van der Waals surface area (Å²) < 4.78 is 18.0. The average Bonchev–Trinajstić information content (AvgIpc) is 3.25. The number of benzene rings is 1. The van der Waals surface area contributed by atoms with Crippen molar-refractivity contribution < 1.29 is 18.7 Å². The first kappa shape index (κ1) is 15.8. The summed E-state index contributed by atoms with van der Waals surface area (Å²) >= 11 is 11.4. The summed E-state index contributed by atoms with van der Waals surface area (Å²) in [6.45, 7) is 0. The molecule has 0 saturated heterocycles. The Hall–Kier alpha value is -1.59. The van der Waals surface area contributed by atoms with Crippen LogP contribution in [0, 0.1) is 11.7 Å². The van der Waals surface area contributed by atoms with Gasteiger partial charge in [-0.25, -0.2) is 9.18 Å². The number of ether oxygens (including phenoxy) is 1. The summed E-state index contributed by atoms with van der Waals surface area (Å²) in [6, 6.07) is 2.06. The quantitative estimate of drug-likeness (QED) is 0.523. The van der Waals surface area contributed by atoms with Crippen molar-refractivity contribution in [3.63, 3.8) is 0 Å². The van der Waals surface area contributed by atoms with Gasteiger partial charge in [-0.15, -0.1) is 0 Å². The van der Waals surface area contributed by atoms with Crippen LogP contribution in [0.5, 0.6) is 0 Å². The minimum Gasteiger partial charge on any atom is -0.464 e. The molecule has 1 aliphatic carbocycles. The molecule has 21 heavy (non-hydrogen) atoms. The molecule has 1 saturated carbocycles. The van der Waals surface area contributed by atoms with Crippen LogP contribution in [-0.2, 0) is 9.53 Å². The van der Waals surface area contributed by atoms with Crippen LogP contribution in [0.2, 0.25) is 10.0 Å². The normalized spacial score (nSPS) is 14.8. The number of halogens is 3. The molecular formula is C14H12Cl2FNO3. The highest BCUT2D eigenvalue weighted by Crippen LogP contribution is 2.31. The lowest BCUT2D eigenvalue weighted by Crippen LogP contribution is -2.28. The highest BCUT2D eigenvalue weighted by atomic mass is 35.5. The largest absolute Gasteiger partial charge is 0.464 e. The van der Waals surface area contributed by atoms with Crippen LogP contribution >= 0.6 is 23.2 Å². The summed E-state index contributed by atoms with van der Waals surface area (Å²) in [5.41, 5.74) is -0.0828. The molecule has 112 valence electrons. The molecular weight excluding hydrogens is 320 g/mol. The standard InChI is InChI=1S/C14H12Cl2FNO3/c1-21-14(20)12(4-7-2-3-7)18-13(19)8-5-11(17)10(16)6-9(8)15/h4-7H,2-3H2,1H3,(H,18,19). The number of esters is 1. The van der Waals surface area contributed by atoms with E-state index in [1.165, 1.54) is 7.11 Å². The Labute approximate surface area is 130 Å². The third-order valence-corrected chi connectivity index (χ3v) is 3.53. The van der Waals surface area contributed by atoms with Gasteiger partial charge in [0.25, 0.3) is 5.91 Å². The molecule has 0 aliphatic heterocycles. The third kappa shape index (κ3) is 3.95. The maximum Gasteiger partial charge on any atom is 0.354 e. The van der Waals surface area contributed by atoms with Gasteiger partial charge in [0, 0.05) is 0 Å². The van der Waals surface area contributed by atoms with Crippen LogP contribution in [0.25, 0.3) is 0 Å². The summed E-state index contributed by atoms with van der Waals surface area (Å²) in [7, 11) is 1.21. The van der Waals surface area contributed by atoms with Crippen LogP contribution in [0.15, 0.2) is 23.9 Å². The van der Waals surface area contributed by atoms with Crippen molar-refractivity contribution in [2.75, 3.05) is 7.11 Å². The zero-order valence-electron chi connectivity index (χ0n) is 11.1. The Kier molecular flexibility index (Phi) is 4.85. The summed E-state index contributed by atoms with van der Waals surface area (Å²) in [5, 5.41) is 2.21. The fraction of sp³-hybridized carbons (Fsp3) is 0.286. The third-order valence-electron chi connectivity index (χ3n) is 2.93. The van der Waals surface area contributed by atoms with E-state index in [4.69, 9.17) is 23.2 Å². The summed E-state index contributed by atoms with van der Waals surface area (Å²) in [6.07, 6.45) is 3.53. The van der Waals surface area contributed by atoms with E-state index in [2.05, 4.69) is 10.1 Å². The molecule has 0 spiro atoms. The number of rotatable bonds is 4. The van der Waals surface area contributed by atoms with Crippen molar-refractivity contribution in [3.8, 4) is 0 Å². The number of carbonyl (C=O) groups is 2. The maximum atomic E-state index is 13.4. The maximum absolute atomic E-state index is 13.4. The molecule has 1 amide bonds. The minimum absolute atomic E-state index is 0.00506. The van der Waals surface area contributed by atoms with Crippen molar-refractivity contribution >= 4 is 35.1 Å². The second kappa shape index (κ2) is 6.45. The van der Waals surface area contributed by atoms with Gasteiger partial charge in [-0.3, -0.25) is 4.79 Å². The lowest BCUT2D eigenvalue weighted by atomic mass is 10.2. The lowest BCUT2D eigenvalue weighted by molar-refractivity contribution is -0.136. The van der Waals surface area contributed by atoms with Gasteiger partial charge in [-0.1, -0.05) is 29.3 Å². The highest BCUT2D eigenvalue weighted by Gasteiger charge is 2.24. The Balaban J connectivity index is 2.23. The van der Waals surface area contributed by atoms with Crippen molar-refractivity contribution in [1.29, 1.82) is 0 Å². The van der Waals surface area contributed by atoms with E-state index in [0.717, 1.165) is 25.0 Å². The molecule has 0 radical (unpaired) electrons. The molecule has 0 atom stereocenters. The zero-order valence-corrected chi connectivity index (χ0v) is 12.6. The number of nitrogens with one attached hydrogen (secondary N) is 1. The Bertz CT molecular complexity index is 627. The van der Waals surface area contributed by atoms with E-state index in [-0.39, 0.29) is 27.2 Å². The van der Waals surface area contributed by atoms with Gasteiger partial charge in [-0.05, 0) is 30.9 Å². The van der Waals surface area contributed by atoms with Crippen LogP contribution in [0.1, 0.15) is 23.2 Å². The Morgan fingerprint density at radius 3 is 2.57 bits per heavy atom. The SMILES string of the molecule is COC(=O)C(=CC1CC1)NC(=O)c1cc(F)c(Cl)cc1Cl. The molecule has 1 aliphatic rings. The number of amides is 1. The van der Waals surface area contributed by atoms with E-state index in [9.17, 15) is 14.0 Å². The molecule has 1 aromatic rings. The van der Waals surface area contributed by atoms with E-state index >= 15 is 0 Å². The smallest absolute Gasteiger partial charge is 0.354 e. The fourth-order valence-corrected chi connectivity index (χ4v) is 2.12. The van der Waals surface area contributed by atoms with Gasteiger partial charge in [-0.2, -0.15) is 0 Å². The molecule has 1 N–H and O–H groups in total. The van der Waals surface area contributed by atoms with Crippen molar-refractivity contribution in [1.82, 2.24) is 5.32 Å². The van der Waals surface area contributed by atoms with Crippen molar-refractivity contribution in [2.45, 2.75) is 12.8 Å². The van der Waals surface area contributed by atoms with Gasteiger partial charge in [0.2, 0.25) is 0 Å². The molecule has 0 unspecified atom stereocenters. The van der Waals surface area contributed by atoms with Gasteiger partial charge >= 0.3 is 5.97 Å². The molecule has 2 rings (SSSR count).